The molecule has 1 atom stereocenters. The van der Waals surface area contributed by atoms with Crippen LogP contribution >= 0.6 is 0 Å². The summed E-state index contributed by atoms with van der Waals surface area (Å²) in [7, 11) is 0. The molecule has 102 valence electrons. The van der Waals surface area contributed by atoms with Gasteiger partial charge in [-0.25, -0.2) is 4.98 Å². The Kier molecular flexibility index (Phi) is 4.98. The largest absolute Gasteiger partial charge is 0.494 e. The first kappa shape index (κ1) is 13.6. The molecule has 4 nitrogen and oxygen atoms in total. The van der Waals surface area contributed by atoms with Gasteiger partial charge in [-0.15, -0.1) is 0 Å². The van der Waals surface area contributed by atoms with Gasteiger partial charge in [0.2, 0.25) is 0 Å². The highest BCUT2D eigenvalue weighted by atomic mass is 16.5. The van der Waals surface area contributed by atoms with Gasteiger partial charge in [-0.3, -0.25) is 0 Å². The quantitative estimate of drug-likeness (QED) is 0.830. The summed E-state index contributed by atoms with van der Waals surface area (Å²) in [4.78, 5) is 4.05. The van der Waals surface area contributed by atoms with E-state index >= 15 is 0 Å². The van der Waals surface area contributed by atoms with Crippen molar-refractivity contribution in [1.82, 2.24) is 14.9 Å². The van der Waals surface area contributed by atoms with Crippen LogP contribution in [-0.2, 0) is 13.1 Å². The minimum Gasteiger partial charge on any atom is -0.494 e. The lowest BCUT2D eigenvalue weighted by molar-refractivity contribution is 0.334. The molecule has 0 saturated heterocycles. The summed E-state index contributed by atoms with van der Waals surface area (Å²) < 4.78 is 7.70. The molecule has 0 bridgehead atoms. The van der Waals surface area contributed by atoms with Gasteiger partial charge in [0.1, 0.15) is 5.75 Å². The number of rotatable bonds is 7. The second kappa shape index (κ2) is 6.95. The minimum atomic E-state index is 0.379. The Labute approximate surface area is 114 Å². The van der Waals surface area contributed by atoms with E-state index in [4.69, 9.17) is 4.74 Å². The van der Waals surface area contributed by atoms with E-state index < -0.39 is 0 Å². The molecule has 1 aromatic heterocycles. The second-order valence-electron chi connectivity index (χ2n) is 4.58. The summed E-state index contributed by atoms with van der Waals surface area (Å²) in [6.07, 6.45) is 5.62. The highest BCUT2D eigenvalue weighted by Crippen LogP contribution is 2.17. The average Bonchev–Trinajstić information content (AvgIpc) is 2.91. The third kappa shape index (κ3) is 4.10. The zero-order valence-corrected chi connectivity index (χ0v) is 11.5. The highest BCUT2D eigenvalue weighted by molar-refractivity contribution is 5.33. The van der Waals surface area contributed by atoms with E-state index in [1.165, 1.54) is 5.56 Å². The fourth-order valence-corrected chi connectivity index (χ4v) is 2.01. The Morgan fingerprint density at radius 1 is 1.37 bits per heavy atom. The van der Waals surface area contributed by atoms with E-state index in [1.807, 2.05) is 37.6 Å². The maximum atomic E-state index is 5.62. The first-order valence-corrected chi connectivity index (χ1v) is 6.69. The smallest absolute Gasteiger partial charge is 0.123 e. The van der Waals surface area contributed by atoms with Crippen LogP contribution in [0.25, 0.3) is 0 Å². The van der Waals surface area contributed by atoms with Crippen LogP contribution in [0, 0.1) is 0 Å². The predicted molar refractivity (Wildman–Crippen MR) is 76.1 cm³/mol. The lowest BCUT2D eigenvalue weighted by Crippen LogP contribution is -2.29. The van der Waals surface area contributed by atoms with Crippen molar-refractivity contribution in [1.29, 1.82) is 0 Å². The van der Waals surface area contributed by atoms with E-state index in [-0.39, 0.29) is 0 Å². The predicted octanol–water partition coefficient (Wildman–Crippen LogP) is 2.46. The summed E-state index contributed by atoms with van der Waals surface area (Å²) in [6, 6.07) is 8.54. The van der Waals surface area contributed by atoms with Crippen LogP contribution in [0.2, 0.25) is 0 Å². The fourth-order valence-electron chi connectivity index (χ4n) is 2.01. The van der Waals surface area contributed by atoms with Gasteiger partial charge in [-0.05, 0) is 19.9 Å². The number of benzene rings is 1. The SMILES string of the molecule is CCOc1ccccc1CNC(C)Cn1ccnc1. The molecule has 1 unspecified atom stereocenters. The molecule has 1 N–H and O–H groups in total. The normalized spacial score (nSPS) is 12.3. The van der Waals surface area contributed by atoms with E-state index in [9.17, 15) is 0 Å². The van der Waals surface area contributed by atoms with Gasteiger partial charge in [0.05, 0.1) is 12.9 Å². The highest BCUT2D eigenvalue weighted by Gasteiger charge is 2.05. The van der Waals surface area contributed by atoms with Crippen LogP contribution in [0.5, 0.6) is 5.75 Å². The molecule has 2 aromatic rings. The van der Waals surface area contributed by atoms with Crippen molar-refractivity contribution < 1.29 is 4.74 Å². The van der Waals surface area contributed by atoms with Crippen molar-refractivity contribution >= 4 is 0 Å². The minimum absolute atomic E-state index is 0.379. The summed E-state index contributed by atoms with van der Waals surface area (Å²) in [5, 5.41) is 3.51. The van der Waals surface area contributed by atoms with Crippen molar-refractivity contribution in [2.45, 2.75) is 33.0 Å². The lowest BCUT2D eigenvalue weighted by atomic mass is 10.2. The summed E-state index contributed by atoms with van der Waals surface area (Å²) in [5.41, 5.74) is 1.20. The molecule has 19 heavy (non-hydrogen) atoms. The molecule has 0 amide bonds. The van der Waals surface area contributed by atoms with Crippen LogP contribution in [0.3, 0.4) is 0 Å². The molecule has 0 fully saturated rings. The number of nitrogens with zero attached hydrogens (tertiary/aromatic N) is 2. The van der Waals surface area contributed by atoms with Crippen LogP contribution < -0.4 is 10.1 Å². The number of nitrogens with one attached hydrogen (secondary N) is 1. The molecule has 4 heteroatoms. The van der Waals surface area contributed by atoms with Crippen LogP contribution in [0.15, 0.2) is 43.0 Å². The van der Waals surface area contributed by atoms with Gasteiger partial charge in [-0.2, -0.15) is 0 Å². The molecule has 0 aliphatic rings. The second-order valence-corrected chi connectivity index (χ2v) is 4.58. The van der Waals surface area contributed by atoms with E-state index in [1.54, 1.807) is 6.20 Å². The van der Waals surface area contributed by atoms with E-state index in [0.717, 1.165) is 18.8 Å². The summed E-state index contributed by atoms with van der Waals surface area (Å²) >= 11 is 0. The third-order valence-corrected chi connectivity index (χ3v) is 2.96. The Hall–Kier alpha value is -1.81. The van der Waals surface area contributed by atoms with Crippen molar-refractivity contribution in [3.8, 4) is 5.75 Å². The number of aromatic nitrogens is 2. The number of hydrogen-bond donors (Lipinski definition) is 1. The van der Waals surface area contributed by atoms with Gasteiger partial charge < -0.3 is 14.6 Å². The molecule has 0 spiro atoms. The average molecular weight is 259 g/mol. The molecule has 0 aliphatic carbocycles. The maximum Gasteiger partial charge on any atom is 0.123 e. The Bertz CT molecular complexity index is 482. The number of ether oxygens (including phenoxy) is 1. The number of imidazole rings is 1. The third-order valence-electron chi connectivity index (χ3n) is 2.96. The summed E-state index contributed by atoms with van der Waals surface area (Å²) in [6.45, 7) is 6.60. The number of para-hydroxylation sites is 1. The first-order chi connectivity index (χ1) is 9.29. The topological polar surface area (TPSA) is 39.1 Å². The van der Waals surface area contributed by atoms with Gasteiger partial charge >= 0.3 is 0 Å². The first-order valence-electron chi connectivity index (χ1n) is 6.69. The molecule has 0 radical (unpaired) electrons. The van der Waals surface area contributed by atoms with Crippen molar-refractivity contribution in [2.24, 2.45) is 0 Å². The van der Waals surface area contributed by atoms with Gasteiger partial charge in [0, 0.05) is 37.1 Å². The standard InChI is InChI=1S/C15H21N3O/c1-3-19-15-7-5-4-6-14(15)10-17-13(2)11-18-9-8-16-12-18/h4-9,12-13,17H,3,10-11H2,1-2H3. The van der Waals surface area contributed by atoms with E-state index in [2.05, 4.69) is 27.9 Å². The molecule has 1 heterocycles. The van der Waals surface area contributed by atoms with Crippen LogP contribution in [0.4, 0.5) is 0 Å². The molecule has 0 saturated carbocycles. The fraction of sp³-hybridized carbons (Fsp3) is 0.400. The van der Waals surface area contributed by atoms with Crippen molar-refractivity contribution in [3.05, 3.63) is 48.5 Å². The molecule has 1 aromatic carbocycles. The Morgan fingerprint density at radius 3 is 2.95 bits per heavy atom. The van der Waals surface area contributed by atoms with Crippen LogP contribution in [0.1, 0.15) is 19.4 Å². The zero-order chi connectivity index (χ0) is 13.5. The van der Waals surface area contributed by atoms with Crippen LogP contribution in [-0.4, -0.2) is 22.2 Å². The van der Waals surface area contributed by atoms with Gasteiger partial charge in [0.25, 0.3) is 0 Å². The monoisotopic (exact) mass is 259 g/mol. The lowest BCUT2D eigenvalue weighted by Gasteiger charge is -2.16. The van der Waals surface area contributed by atoms with Gasteiger partial charge in [0.15, 0.2) is 0 Å². The maximum absolute atomic E-state index is 5.62. The molecular formula is C15H21N3O. The van der Waals surface area contributed by atoms with Crippen molar-refractivity contribution in [2.75, 3.05) is 6.61 Å². The zero-order valence-electron chi connectivity index (χ0n) is 11.5. The van der Waals surface area contributed by atoms with Crippen molar-refractivity contribution in [3.63, 3.8) is 0 Å². The Balaban J connectivity index is 1.87. The van der Waals surface area contributed by atoms with Gasteiger partial charge in [-0.1, -0.05) is 18.2 Å². The number of hydrogen-bond acceptors (Lipinski definition) is 3. The Morgan fingerprint density at radius 2 is 2.21 bits per heavy atom. The summed E-state index contributed by atoms with van der Waals surface area (Å²) in [5.74, 6) is 0.965. The van der Waals surface area contributed by atoms with E-state index in [0.29, 0.717) is 12.6 Å². The molecule has 2 rings (SSSR count). The molecular weight excluding hydrogens is 238 g/mol. The molecule has 0 aliphatic heterocycles.